The minimum atomic E-state index is -0.164. The molecule has 0 heterocycles. The maximum atomic E-state index is 6.35. The molecule has 1 rings (SSSR count). The number of methoxy groups -OCH3 is 1. The standard InChI is InChI=1S/C17H28ClNO2/c1-6-10-19-13(2)15-8-7-14(12-16(15)18)21-11-9-17(3,4)20-5/h7-8,12-13,19H,6,9-11H2,1-5H3. The van der Waals surface area contributed by atoms with E-state index >= 15 is 0 Å². The van der Waals surface area contributed by atoms with Crippen LogP contribution < -0.4 is 10.1 Å². The van der Waals surface area contributed by atoms with Crippen molar-refractivity contribution < 1.29 is 9.47 Å². The highest BCUT2D eigenvalue weighted by Crippen LogP contribution is 2.27. The van der Waals surface area contributed by atoms with E-state index in [-0.39, 0.29) is 11.6 Å². The predicted molar refractivity (Wildman–Crippen MR) is 89.4 cm³/mol. The van der Waals surface area contributed by atoms with Crippen molar-refractivity contribution in [2.45, 2.75) is 52.2 Å². The van der Waals surface area contributed by atoms with E-state index in [1.165, 1.54) is 0 Å². The van der Waals surface area contributed by atoms with Gasteiger partial charge in [-0.3, -0.25) is 0 Å². The van der Waals surface area contributed by atoms with Crippen molar-refractivity contribution in [2.24, 2.45) is 0 Å². The summed E-state index contributed by atoms with van der Waals surface area (Å²) in [7, 11) is 1.72. The first-order valence-electron chi connectivity index (χ1n) is 7.60. The molecule has 1 aromatic carbocycles. The third kappa shape index (κ3) is 6.25. The van der Waals surface area contributed by atoms with E-state index in [1.54, 1.807) is 7.11 Å². The number of halogens is 1. The summed E-state index contributed by atoms with van der Waals surface area (Å²) in [6, 6.07) is 6.15. The topological polar surface area (TPSA) is 30.5 Å². The highest BCUT2D eigenvalue weighted by atomic mass is 35.5. The molecule has 0 saturated heterocycles. The summed E-state index contributed by atoms with van der Waals surface area (Å²) in [5.41, 5.74) is 0.942. The first-order chi connectivity index (χ1) is 9.89. The van der Waals surface area contributed by atoms with Crippen LogP contribution in [0.25, 0.3) is 0 Å². The number of hydrogen-bond donors (Lipinski definition) is 1. The second-order valence-corrected chi connectivity index (χ2v) is 6.33. The Kier molecular flexibility index (Phi) is 7.50. The van der Waals surface area contributed by atoms with Gasteiger partial charge in [-0.2, -0.15) is 0 Å². The molecule has 0 aliphatic carbocycles. The average Bonchev–Trinajstić information content (AvgIpc) is 2.44. The highest BCUT2D eigenvalue weighted by Gasteiger charge is 2.16. The van der Waals surface area contributed by atoms with Crippen molar-refractivity contribution in [1.82, 2.24) is 5.32 Å². The van der Waals surface area contributed by atoms with Crippen molar-refractivity contribution in [3.8, 4) is 5.75 Å². The maximum Gasteiger partial charge on any atom is 0.120 e. The molecule has 0 saturated carbocycles. The fourth-order valence-electron chi connectivity index (χ4n) is 1.94. The van der Waals surface area contributed by atoms with E-state index in [2.05, 4.69) is 19.2 Å². The Bertz CT molecular complexity index is 435. The molecule has 3 nitrogen and oxygen atoms in total. The van der Waals surface area contributed by atoms with Crippen LogP contribution in [0.15, 0.2) is 18.2 Å². The van der Waals surface area contributed by atoms with E-state index in [4.69, 9.17) is 21.1 Å². The SMILES string of the molecule is CCCNC(C)c1ccc(OCCC(C)(C)OC)cc1Cl. The van der Waals surface area contributed by atoms with Gasteiger partial charge in [0.15, 0.2) is 0 Å². The zero-order valence-electron chi connectivity index (χ0n) is 13.8. The van der Waals surface area contributed by atoms with Gasteiger partial charge >= 0.3 is 0 Å². The summed E-state index contributed by atoms with van der Waals surface area (Å²) < 4.78 is 11.1. The third-order valence-corrected chi connectivity index (χ3v) is 3.99. The third-order valence-electron chi connectivity index (χ3n) is 3.66. The predicted octanol–water partition coefficient (Wildman–Crippen LogP) is 4.59. The summed E-state index contributed by atoms with van der Waals surface area (Å²) in [6.45, 7) is 9.97. The van der Waals surface area contributed by atoms with Crippen LogP contribution >= 0.6 is 11.6 Å². The summed E-state index contributed by atoms with van der Waals surface area (Å²) in [6.07, 6.45) is 1.94. The zero-order valence-corrected chi connectivity index (χ0v) is 14.6. The van der Waals surface area contributed by atoms with E-state index in [0.29, 0.717) is 6.61 Å². The Morgan fingerprint density at radius 1 is 1.33 bits per heavy atom. The van der Waals surface area contributed by atoms with Crippen molar-refractivity contribution in [2.75, 3.05) is 20.3 Å². The average molecular weight is 314 g/mol. The Hall–Kier alpha value is -0.770. The number of nitrogens with one attached hydrogen (secondary N) is 1. The molecule has 1 unspecified atom stereocenters. The summed E-state index contributed by atoms with van der Waals surface area (Å²) in [5, 5.41) is 4.18. The molecule has 0 radical (unpaired) electrons. The number of hydrogen-bond acceptors (Lipinski definition) is 3. The van der Waals surface area contributed by atoms with Crippen LogP contribution in [0, 0.1) is 0 Å². The van der Waals surface area contributed by atoms with Crippen molar-refractivity contribution in [1.29, 1.82) is 0 Å². The number of benzene rings is 1. The molecular formula is C17H28ClNO2. The van der Waals surface area contributed by atoms with E-state index in [9.17, 15) is 0 Å². The van der Waals surface area contributed by atoms with Crippen molar-refractivity contribution in [3.63, 3.8) is 0 Å². The van der Waals surface area contributed by atoms with E-state index in [1.807, 2.05) is 32.0 Å². The lowest BCUT2D eigenvalue weighted by Crippen LogP contribution is -2.25. The molecule has 0 spiro atoms. The molecule has 0 aliphatic rings. The molecule has 0 aliphatic heterocycles. The molecule has 120 valence electrons. The molecule has 4 heteroatoms. The van der Waals surface area contributed by atoms with Crippen LogP contribution in [-0.4, -0.2) is 25.9 Å². The summed E-state index contributed by atoms with van der Waals surface area (Å²) >= 11 is 6.35. The zero-order chi connectivity index (χ0) is 15.9. The van der Waals surface area contributed by atoms with Gasteiger partial charge in [-0.1, -0.05) is 24.6 Å². The van der Waals surface area contributed by atoms with Crippen molar-refractivity contribution >= 4 is 11.6 Å². The molecule has 1 N–H and O–H groups in total. The van der Waals surface area contributed by atoms with Crippen LogP contribution in [0.1, 0.15) is 52.1 Å². The second kappa shape index (κ2) is 8.62. The molecule has 0 amide bonds. The molecule has 21 heavy (non-hydrogen) atoms. The normalized spacial score (nSPS) is 13.2. The number of rotatable bonds is 9. The van der Waals surface area contributed by atoms with Gasteiger partial charge in [-0.25, -0.2) is 0 Å². The minimum Gasteiger partial charge on any atom is -0.493 e. The lowest BCUT2D eigenvalue weighted by molar-refractivity contribution is 0.00546. The Morgan fingerprint density at radius 3 is 2.62 bits per heavy atom. The lowest BCUT2D eigenvalue weighted by Gasteiger charge is -2.22. The molecular weight excluding hydrogens is 286 g/mol. The largest absolute Gasteiger partial charge is 0.493 e. The van der Waals surface area contributed by atoms with Crippen molar-refractivity contribution in [3.05, 3.63) is 28.8 Å². The Morgan fingerprint density at radius 2 is 2.05 bits per heavy atom. The molecule has 1 atom stereocenters. The van der Waals surface area contributed by atoms with Crippen LogP contribution in [0.4, 0.5) is 0 Å². The quantitative estimate of drug-likeness (QED) is 0.723. The fourth-order valence-corrected chi connectivity index (χ4v) is 2.27. The maximum absolute atomic E-state index is 6.35. The summed E-state index contributed by atoms with van der Waals surface area (Å²) in [5.74, 6) is 0.804. The highest BCUT2D eigenvalue weighted by molar-refractivity contribution is 6.31. The second-order valence-electron chi connectivity index (χ2n) is 5.92. The number of ether oxygens (including phenoxy) is 2. The van der Waals surface area contributed by atoms with Gasteiger partial charge in [0, 0.05) is 24.6 Å². The van der Waals surface area contributed by atoms with Gasteiger partial charge in [-0.05, 0) is 51.4 Å². The first kappa shape index (κ1) is 18.3. The van der Waals surface area contributed by atoms with E-state index < -0.39 is 0 Å². The summed E-state index contributed by atoms with van der Waals surface area (Å²) in [4.78, 5) is 0. The van der Waals surface area contributed by atoms with Gasteiger partial charge in [0.1, 0.15) is 5.75 Å². The Labute approximate surface area is 134 Å². The smallest absolute Gasteiger partial charge is 0.120 e. The van der Waals surface area contributed by atoms with Crippen LogP contribution in [0.2, 0.25) is 5.02 Å². The van der Waals surface area contributed by atoms with Gasteiger partial charge < -0.3 is 14.8 Å². The molecule has 0 fully saturated rings. The first-order valence-corrected chi connectivity index (χ1v) is 7.98. The Balaban J connectivity index is 2.57. The van der Waals surface area contributed by atoms with Crippen LogP contribution in [0.5, 0.6) is 5.75 Å². The van der Waals surface area contributed by atoms with Gasteiger partial charge in [0.05, 0.1) is 12.2 Å². The fraction of sp³-hybridized carbons (Fsp3) is 0.647. The van der Waals surface area contributed by atoms with E-state index in [0.717, 1.165) is 35.7 Å². The lowest BCUT2D eigenvalue weighted by atomic mass is 10.1. The molecule has 0 bridgehead atoms. The van der Waals surface area contributed by atoms with Gasteiger partial charge in [0.2, 0.25) is 0 Å². The van der Waals surface area contributed by atoms with Gasteiger partial charge in [-0.15, -0.1) is 0 Å². The van der Waals surface area contributed by atoms with Crippen LogP contribution in [-0.2, 0) is 4.74 Å². The van der Waals surface area contributed by atoms with Crippen LogP contribution in [0.3, 0.4) is 0 Å². The van der Waals surface area contributed by atoms with Gasteiger partial charge in [0.25, 0.3) is 0 Å². The molecule has 0 aromatic heterocycles. The molecule has 1 aromatic rings. The monoisotopic (exact) mass is 313 g/mol. The minimum absolute atomic E-state index is 0.164.